The van der Waals surface area contributed by atoms with Crippen LogP contribution >= 0.6 is 22.9 Å². The summed E-state index contributed by atoms with van der Waals surface area (Å²) in [5, 5.41) is 3.78. The SMILES string of the molecule is CCOC(=O)C(NCc1ccccc1)c1ncc(Cl)s1. The van der Waals surface area contributed by atoms with Gasteiger partial charge in [-0.1, -0.05) is 41.9 Å². The molecule has 1 aromatic heterocycles. The number of ether oxygens (including phenoxy) is 1. The van der Waals surface area contributed by atoms with Gasteiger partial charge in [-0.25, -0.2) is 9.78 Å². The van der Waals surface area contributed by atoms with E-state index in [2.05, 4.69) is 10.3 Å². The lowest BCUT2D eigenvalue weighted by atomic mass is 10.2. The number of halogens is 1. The molecular formula is C14H15ClN2O2S. The number of rotatable bonds is 6. The molecule has 20 heavy (non-hydrogen) atoms. The first-order valence-electron chi connectivity index (χ1n) is 6.26. The Labute approximate surface area is 126 Å². The number of nitrogens with zero attached hydrogens (tertiary/aromatic N) is 1. The Bertz CT molecular complexity index is 559. The Kier molecular flexibility index (Phi) is 5.52. The van der Waals surface area contributed by atoms with Crippen molar-refractivity contribution in [3.05, 3.63) is 51.4 Å². The smallest absolute Gasteiger partial charge is 0.330 e. The number of esters is 1. The van der Waals surface area contributed by atoms with Gasteiger partial charge in [0.25, 0.3) is 0 Å². The average Bonchev–Trinajstić information content (AvgIpc) is 2.87. The summed E-state index contributed by atoms with van der Waals surface area (Å²) in [6.07, 6.45) is 1.54. The van der Waals surface area contributed by atoms with Crippen molar-refractivity contribution in [2.45, 2.75) is 19.5 Å². The predicted octanol–water partition coefficient (Wildman–Crippen LogP) is 3.19. The molecule has 2 rings (SSSR count). The van der Waals surface area contributed by atoms with Crippen molar-refractivity contribution in [2.75, 3.05) is 6.61 Å². The first-order chi connectivity index (χ1) is 9.70. The van der Waals surface area contributed by atoms with E-state index < -0.39 is 6.04 Å². The van der Waals surface area contributed by atoms with Crippen LogP contribution < -0.4 is 5.32 Å². The maximum Gasteiger partial charge on any atom is 0.330 e. The number of aromatic nitrogens is 1. The largest absolute Gasteiger partial charge is 0.465 e. The number of thiazole rings is 1. The lowest BCUT2D eigenvalue weighted by Crippen LogP contribution is -2.29. The van der Waals surface area contributed by atoms with Crippen LogP contribution in [0.5, 0.6) is 0 Å². The number of hydrogen-bond donors (Lipinski definition) is 1. The second kappa shape index (κ2) is 7.38. The van der Waals surface area contributed by atoms with Crippen LogP contribution in [-0.4, -0.2) is 17.6 Å². The summed E-state index contributed by atoms with van der Waals surface area (Å²) in [5.74, 6) is -0.338. The summed E-state index contributed by atoms with van der Waals surface area (Å²) < 4.78 is 5.63. The van der Waals surface area contributed by atoms with Crippen LogP contribution in [0.25, 0.3) is 0 Å². The van der Waals surface area contributed by atoms with Crippen molar-refractivity contribution < 1.29 is 9.53 Å². The van der Waals surface area contributed by atoms with Crippen molar-refractivity contribution in [1.29, 1.82) is 0 Å². The molecule has 0 saturated heterocycles. The molecule has 4 nitrogen and oxygen atoms in total. The van der Waals surface area contributed by atoms with Gasteiger partial charge in [0.05, 0.1) is 12.8 Å². The molecule has 0 bridgehead atoms. The van der Waals surface area contributed by atoms with Crippen LogP contribution in [0.15, 0.2) is 36.5 Å². The molecule has 106 valence electrons. The molecule has 0 aliphatic rings. The Hall–Kier alpha value is -1.43. The van der Waals surface area contributed by atoms with E-state index in [0.717, 1.165) is 5.56 Å². The van der Waals surface area contributed by atoms with Gasteiger partial charge in [-0.3, -0.25) is 5.32 Å². The third kappa shape index (κ3) is 4.03. The summed E-state index contributed by atoms with van der Waals surface area (Å²) in [5.41, 5.74) is 1.09. The molecule has 0 radical (unpaired) electrons. The maximum atomic E-state index is 12.0. The van der Waals surface area contributed by atoms with E-state index in [-0.39, 0.29) is 5.97 Å². The number of carbonyl (C=O) groups excluding carboxylic acids is 1. The Morgan fingerprint density at radius 1 is 1.45 bits per heavy atom. The molecule has 6 heteroatoms. The summed E-state index contributed by atoms with van der Waals surface area (Å²) in [7, 11) is 0. The molecule has 0 spiro atoms. The molecule has 1 N–H and O–H groups in total. The first-order valence-corrected chi connectivity index (χ1v) is 7.45. The van der Waals surface area contributed by atoms with Crippen molar-refractivity contribution in [1.82, 2.24) is 10.3 Å². The maximum absolute atomic E-state index is 12.0. The van der Waals surface area contributed by atoms with Gasteiger partial charge in [-0.2, -0.15) is 0 Å². The van der Waals surface area contributed by atoms with Crippen LogP contribution in [0, 0.1) is 0 Å². The molecule has 0 aliphatic heterocycles. The number of benzene rings is 1. The van der Waals surface area contributed by atoms with Gasteiger partial charge in [-0.15, -0.1) is 11.3 Å². The van der Waals surface area contributed by atoms with Crippen LogP contribution in [0.3, 0.4) is 0 Å². The van der Waals surface area contributed by atoms with Gasteiger partial charge < -0.3 is 4.74 Å². The van der Waals surface area contributed by atoms with Crippen molar-refractivity contribution in [3.8, 4) is 0 Å². The Morgan fingerprint density at radius 3 is 2.80 bits per heavy atom. The standard InChI is InChI=1S/C14H15ClN2O2S/c1-2-19-14(18)12(13-17-9-11(15)20-13)16-8-10-6-4-3-5-7-10/h3-7,9,12,16H,2,8H2,1H3. The third-order valence-corrected chi connectivity index (χ3v) is 3.80. The van der Waals surface area contributed by atoms with Gasteiger partial charge in [0.2, 0.25) is 0 Å². The third-order valence-electron chi connectivity index (χ3n) is 2.62. The quantitative estimate of drug-likeness (QED) is 0.833. The van der Waals surface area contributed by atoms with Crippen molar-refractivity contribution in [2.24, 2.45) is 0 Å². The molecule has 1 atom stereocenters. The van der Waals surface area contributed by atoms with Crippen molar-refractivity contribution in [3.63, 3.8) is 0 Å². The molecule has 1 unspecified atom stereocenters. The number of nitrogens with one attached hydrogen (secondary N) is 1. The molecule has 0 fully saturated rings. The summed E-state index contributed by atoms with van der Waals surface area (Å²) in [6, 6.07) is 9.25. The second-order valence-corrected chi connectivity index (χ2v) is 5.75. The zero-order valence-electron chi connectivity index (χ0n) is 11.0. The van der Waals surface area contributed by atoms with Gasteiger partial charge in [0.1, 0.15) is 9.34 Å². The molecule has 0 saturated carbocycles. The monoisotopic (exact) mass is 310 g/mol. The van der Waals surface area contributed by atoms with Crippen LogP contribution in [0.4, 0.5) is 0 Å². The van der Waals surface area contributed by atoms with Crippen LogP contribution in [0.1, 0.15) is 23.5 Å². The van der Waals surface area contributed by atoms with E-state index in [9.17, 15) is 4.79 Å². The van der Waals surface area contributed by atoms with E-state index in [1.165, 1.54) is 17.5 Å². The van der Waals surface area contributed by atoms with Gasteiger partial charge in [0.15, 0.2) is 6.04 Å². The zero-order chi connectivity index (χ0) is 14.4. The van der Waals surface area contributed by atoms with E-state index in [1.807, 2.05) is 30.3 Å². The molecule has 0 amide bonds. The molecule has 0 aliphatic carbocycles. The van der Waals surface area contributed by atoms with Crippen LogP contribution in [-0.2, 0) is 16.1 Å². The summed E-state index contributed by atoms with van der Waals surface area (Å²) >= 11 is 7.16. The minimum Gasteiger partial charge on any atom is -0.465 e. The average molecular weight is 311 g/mol. The Morgan fingerprint density at radius 2 is 2.20 bits per heavy atom. The predicted molar refractivity (Wildman–Crippen MR) is 79.8 cm³/mol. The second-order valence-electron chi connectivity index (χ2n) is 4.05. The molecular weight excluding hydrogens is 296 g/mol. The number of hydrogen-bond acceptors (Lipinski definition) is 5. The summed E-state index contributed by atoms with van der Waals surface area (Å²) in [6.45, 7) is 2.67. The van der Waals surface area contributed by atoms with E-state index in [1.54, 1.807) is 6.92 Å². The molecule has 2 aromatic rings. The molecule has 1 aromatic carbocycles. The minimum absolute atomic E-state index is 0.335. The highest BCUT2D eigenvalue weighted by Crippen LogP contribution is 2.25. The first kappa shape index (κ1) is 15.0. The zero-order valence-corrected chi connectivity index (χ0v) is 12.6. The lowest BCUT2D eigenvalue weighted by molar-refractivity contribution is -0.145. The highest BCUT2D eigenvalue weighted by atomic mass is 35.5. The fourth-order valence-corrected chi connectivity index (χ4v) is 2.71. The van der Waals surface area contributed by atoms with Gasteiger partial charge >= 0.3 is 5.97 Å². The summed E-state index contributed by atoms with van der Waals surface area (Å²) in [4.78, 5) is 16.2. The van der Waals surface area contributed by atoms with Crippen LogP contribution in [0.2, 0.25) is 4.34 Å². The number of carbonyl (C=O) groups is 1. The fraction of sp³-hybridized carbons (Fsp3) is 0.286. The Balaban J connectivity index is 2.08. The van der Waals surface area contributed by atoms with E-state index in [4.69, 9.17) is 16.3 Å². The van der Waals surface area contributed by atoms with Gasteiger partial charge in [-0.05, 0) is 12.5 Å². The van der Waals surface area contributed by atoms with E-state index in [0.29, 0.717) is 22.5 Å². The van der Waals surface area contributed by atoms with E-state index >= 15 is 0 Å². The van der Waals surface area contributed by atoms with Gasteiger partial charge in [0, 0.05) is 6.54 Å². The lowest BCUT2D eigenvalue weighted by Gasteiger charge is -2.15. The molecule has 1 heterocycles. The minimum atomic E-state index is -0.590. The normalized spacial score (nSPS) is 12.1. The highest BCUT2D eigenvalue weighted by molar-refractivity contribution is 7.16. The van der Waals surface area contributed by atoms with Crippen molar-refractivity contribution >= 4 is 28.9 Å². The highest BCUT2D eigenvalue weighted by Gasteiger charge is 2.24. The topological polar surface area (TPSA) is 51.2 Å². The fourth-order valence-electron chi connectivity index (χ4n) is 1.71.